The molecule has 2 heterocycles. The third-order valence-corrected chi connectivity index (χ3v) is 6.20. The lowest BCUT2D eigenvalue weighted by Crippen LogP contribution is -2.40. The molecule has 2 aliphatic heterocycles. The van der Waals surface area contributed by atoms with Crippen LogP contribution in [0.5, 0.6) is 11.5 Å². The molecule has 180 valence electrons. The number of carbonyl (C=O) groups excluding carboxylic acids is 3. The Labute approximate surface area is 198 Å². The molecule has 1 saturated heterocycles. The highest BCUT2D eigenvalue weighted by atomic mass is 19.1. The van der Waals surface area contributed by atoms with E-state index in [1.807, 2.05) is 4.90 Å². The number of hydrogen-bond donors (Lipinski definition) is 0. The zero-order valence-corrected chi connectivity index (χ0v) is 19.3. The summed E-state index contributed by atoms with van der Waals surface area (Å²) < 4.78 is 24.4. The van der Waals surface area contributed by atoms with Gasteiger partial charge in [0.2, 0.25) is 5.91 Å². The SMILES string of the molecule is Cc1cc(F)ccc1OCC(=O)c1ccc2c(c1)N(CCCC(=O)N1CCCCC1)C(=O)CO2. The van der Waals surface area contributed by atoms with E-state index in [0.29, 0.717) is 47.7 Å². The van der Waals surface area contributed by atoms with Crippen LogP contribution in [0, 0.1) is 12.7 Å². The number of amides is 2. The fourth-order valence-corrected chi connectivity index (χ4v) is 4.31. The normalized spacial score (nSPS) is 15.5. The van der Waals surface area contributed by atoms with Crippen LogP contribution in [-0.4, -0.2) is 55.3 Å². The van der Waals surface area contributed by atoms with Gasteiger partial charge in [-0.3, -0.25) is 14.4 Å². The highest BCUT2D eigenvalue weighted by Crippen LogP contribution is 2.33. The van der Waals surface area contributed by atoms with E-state index in [-0.39, 0.29) is 36.6 Å². The molecule has 0 N–H and O–H groups in total. The zero-order chi connectivity index (χ0) is 24.1. The summed E-state index contributed by atoms with van der Waals surface area (Å²) in [5.74, 6) is 0.233. The molecular formula is C26H29FN2O5. The average molecular weight is 469 g/mol. The van der Waals surface area contributed by atoms with Crippen molar-refractivity contribution in [2.45, 2.75) is 39.0 Å². The molecule has 2 aromatic rings. The molecule has 0 unspecified atom stereocenters. The number of piperidine rings is 1. The maximum Gasteiger partial charge on any atom is 0.265 e. The second-order valence-electron chi connectivity index (χ2n) is 8.68. The molecule has 0 atom stereocenters. The number of ketones is 1. The number of benzene rings is 2. The van der Waals surface area contributed by atoms with Crippen LogP contribution in [-0.2, 0) is 9.59 Å². The molecule has 2 aromatic carbocycles. The number of rotatable bonds is 8. The summed E-state index contributed by atoms with van der Waals surface area (Å²) in [5.41, 5.74) is 1.50. The topological polar surface area (TPSA) is 76.2 Å². The smallest absolute Gasteiger partial charge is 0.265 e. The number of aryl methyl sites for hydroxylation is 1. The minimum atomic E-state index is -0.367. The number of nitrogens with zero attached hydrogens (tertiary/aromatic N) is 2. The first-order valence-corrected chi connectivity index (χ1v) is 11.7. The Morgan fingerprint density at radius 3 is 2.65 bits per heavy atom. The molecule has 0 radical (unpaired) electrons. The fourth-order valence-electron chi connectivity index (χ4n) is 4.31. The number of anilines is 1. The van der Waals surface area contributed by atoms with Crippen LogP contribution in [0.15, 0.2) is 36.4 Å². The largest absolute Gasteiger partial charge is 0.485 e. The van der Waals surface area contributed by atoms with Crippen LogP contribution in [0.25, 0.3) is 0 Å². The van der Waals surface area contributed by atoms with Gasteiger partial charge in [0.1, 0.15) is 17.3 Å². The number of hydrogen-bond acceptors (Lipinski definition) is 5. The van der Waals surface area contributed by atoms with Crippen LogP contribution in [0.2, 0.25) is 0 Å². The predicted molar refractivity (Wildman–Crippen MR) is 125 cm³/mol. The zero-order valence-electron chi connectivity index (χ0n) is 19.3. The van der Waals surface area contributed by atoms with Gasteiger partial charge in [0.25, 0.3) is 5.91 Å². The average Bonchev–Trinajstić information content (AvgIpc) is 2.84. The van der Waals surface area contributed by atoms with Crippen molar-refractivity contribution >= 4 is 23.3 Å². The van der Waals surface area contributed by atoms with Crippen molar-refractivity contribution in [2.24, 2.45) is 0 Å². The molecule has 34 heavy (non-hydrogen) atoms. The second kappa shape index (κ2) is 10.7. The van der Waals surface area contributed by atoms with E-state index in [1.54, 1.807) is 30.0 Å². The summed E-state index contributed by atoms with van der Waals surface area (Å²) in [4.78, 5) is 41.3. The van der Waals surface area contributed by atoms with Gasteiger partial charge in [-0.1, -0.05) is 0 Å². The Bertz CT molecular complexity index is 1080. The van der Waals surface area contributed by atoms with Crippen molar-refractivity contribution in [2.75, 3.05) is 37.7 Å². The molecule has 7 nitrogen and oxygen atoms in total. The molecule has 2 amide bonds. The minimum absolute atomic E-state index is 0.0761. The molecule has 2 aliphatic rings. The summed E-state index contributed by atoms with van der Waals surface area (Å²) in [5, 5.41) is 0. The number of ether oxygens (including phenoxy) is 2. The van der Waals surface area contributed by atoms with Crippen molar-refractivity contribution < 1.29 is 28.2 Å². The lowest BCUT2D eigenvalue weighted by Gasteiger charge is -2.30. The Morgan fingerprint density at radius 1 is 1.09 bits per heavy atom. The van der Waals surface area contributed by atoms with Crippen LogP contribution >= 0.6 is 0 Å². The first-order valence-electron chi connectivity index (χ1n) is 11.7. The minimum Gasteiger partial charge on any atom is -0.485 e. The molecule has 1 fully saturated rings. The van der Waals surface area contributed by atoms with Crippen LogP contribution in [0.3, 0.4) is 0 Å². The Kier molecular flexibility index (Phi) is 7.45. The maximum atomic E-state index is 13.3. The lowest BCUT2D eigenvalue weighted by atomic mass is 10.1. The van der Waals surface area contributed by atoms with Crippen molar-refractivity contribution in [3.8, 4) is 11.5 Å². The molecule has 0 spiro atoms. The first kappa shape index (κ1) is 23.7. The quantitative estimate of drug-likeness (QED) is 0.549. The van der Waals surface area contributed by atoms with E-state index in [2.05, 4.69) is 0 Å². The second-order valence-corrected chi connectivity index (χ2v) is 8.68. The van der Waals surface area contributed by atoms with Gasteiger partial charge in [-0.15, -0.1) is 0 Å². The van der Waals surface area contributed by atoms with E-state index in [1.165, 1.54) is 24.6 Å². The summed E-state index contributed by atoms with van der Waals surface area (Å²) in [6.45, 7) is 3.40. The fraction of sp³-hybridized carbons (Fsp3) is 0.423. The molecule has 0 aliphatic carbocycles. The predicted octanol–water partition coefficient (Wildman–Crippen LogP) is 3.91. The Balaban J connectivity index is 1.40. The van der Waals surface area contributed by atoms with E-state index < -0.39 is 0 Å². The van der Waals surface area contributed by atoms with Crippen molar-refractivity contribution in [1.29, 1.82) is 0 Å². The van der Waals surface area contributed by atoms with Crippen molar-refractivity contribution in [3.05, 3.63) is 53.3 Å². The van der Waals surface area contributed by atoms with Crippen LogP contribution in [0.1, 0.15) is 48.0 Å². The molecule has 4 rings (SSSR count). The summed E-state index contributed by atoms with van der Waals surface area (Å²) in [6.07, 6.45) is 4.16. The van der Waals surface area contributed by atoms with Gasteiger partial charge < -0.3 is 19.3 Å². The molecule has 0 aromatic heterocycles. The van der Waals surface area contributed by atoms with E-state index in [9.17, 15) is 18.8 Å². The third-order valence-electron chi connectivity index (χ3n) is 6.20. The van der Waals surface area contributed by atoms with Gasteiger partial charge in [-0.2, -0.15) is 0 Å². The summed E-state index contributed by atoms with van der Waals surface area (Å²) in [6, 6.07) is 9.05. The third kappa shape index (κ3) is 5.55. The first-order chi connectivity index (χ1) is 16.4. The molecule has 8 heteroatoms. The molecule has 0 saturated carbocycles. The monoisotopic (exact) mass is 468 g/mol. The van der Waals surface area contributed by atoms with Crippen molar-refractivity contribution in [1.82, 2.24) is 4.90 Å². The molecule has 0 bridgehead atoms. The van der Waals surface area contributed by atoms with Gasteiger partial charge in [0.05, 0.1) is 5.69 Å². The highest BCUT2D eigenvalue weighted by Gasteiger charge is 2.27. The van der Waals surface area contributed by atoms with Gasteiger partial charge in [-0.25, -0.2) is 4.39 Å². The number of fused-ring (bicyclic) bond motifs is 1. The van der Waals surface area contributed by atoms with Crippen LogP contribution < -0.4 is 14.4 Å². The lowest BCUT2D eigenvalue weighted by molar-refractivity contribution is -0.132. The number of Topliss-reactive ketones (excluding diaryl/α,β-unsaturated/α-hetero) is 1. The van der Waals surface area contributed by atoms with E-state index in [0.717, 1.165) is 25.9 Å². The number of carbonyl (C=O) groups is 3. The maximum absolute atomic E-state index is 13.3. The van der Waals surface area contributed by atoms with Gasteiger partial charge >= 0.3 is 0 Å². The van der Waals surface area contributed by atoms with Crippen LogP contribution in [0.4, 0.5) is 10.1 Å². The molecular weight excluding hydrogens is 439 g/mol. The van der Waals surface area contributed by atoms with Gasteiger partial charge in [0.15, 0.2) is 19.0 Å². The number of likely N-dealkylation sites (tertiary alicyclic amines) is 1. The van der Waals surface area contributed by atoms with Gasteiger partial charge in [-0.05, 0) is 74.6 Å². The van der Waals surface area contributed by atoms with Crippen molar-refractivity contribution in [3.63, 3.8) is 0 Å². The summed E-state index contributed by atoms with van der Waals surface area (Å²) >= 11 is 0. The van der Waals surface area contributed by atoms with E-state index in [4.69, 9.17) is 9.47 Å². The number of halogens is 1. The highest BCUT2D eigenvalue weighted by molar-refractivity contribution is 6.02. The van der Waals surface area contributed by atoms with Gasteiger partial charge in [0, 0.05) is 31.6 Å². The Morgan fingerprint density at radius 2 is 1.88 bits per heavy atom. The Hall–Kier alpha value is -3.42. The standard InChI is InChI=1S/C26H29FN2O5/c1-18-14-20(27)8-10-23(18)33-16-22(30)19-7-9-24-21(15-19)29(26(32)17-34-24)13-5-6-25(31)28-11-3-2-4-12-28/h7-10,14-15H,2-6,11-13,16-17H2,1H3. The summed E-state index contributed by atoms with van der Waals surface area (Å²) in [7, 11) is 0. The van der Waals surface area contributed by atoms with E-state index >= 15 is 0 Å².